The second-order valence-electron chi connectivity index (χ2n) is 3.89. The lowest BCUT2D eigenvalue weighted by Gasteiger charge is -2.27. The van der Waals surface area contributed by atoms with E-state index in [0.29, 0.717) is 12.3 Å². The predicted octanol–water partition coefficient (Wildman–Crippen LogP) is 0.559. The van der Waals surface area contributed by atoms with Crippen molar-refractivity contribution in [3.63, 3.8) is 0 Å². The minimum atomic E-state index is -1.17. The summed E-state index contributed by atoms with van der Waals surface area (Å²) in [5, 5.41) is 22.3. The van der Waals surface area contributed by atoms with Crippen LogP contribution in [0.1, 0.15) is 26.2 Å². The number of hydrogen-bond acceptors (Lipinski definition) is 3. The number of hydrogen-bond donors (Lipinski definition) is 4. The number of nitrogens with zero attached hydrogens (tertiary/aromatic N) is 1. The highest BCUT2D eigenvalue weighted by Gasteiger charge is 2.38. The highest BCUT2D eigenvalue weighted by Crippen LogP contribution is 2.36. The number of carbonyl (C=O) groups is 1. The largest absolute Gasteiger partial charge is 0.465 e. The summed E-state index contributed by atoms with van der Waals surface area (Å²) in [7, 11) is 0. The Labute approximate surface area is 81.8 Å². The zero-order valence-electron chi connectivity index (χ0n) is 8.03. The quantitative estimate of drug-likeness (QED) is 0.230. The minimum absolute atomic E-state index is 0.0909. The molecule has 1 fully saturated rings. The van der Waals surface area contributed by atoms with Crippen LogP contribution in [0.5, 0.6) is 0 Å². The van der Waals surface area contributed by atoms with Gasteiger partial charge in [0.05, 0.1) is 0 Å². The Morgan fingerprint density at radius 2 is 2.29 bits per heavy atom. The van der Waals surface area contributed by atoms with Crippen molar-refractivity contribution < 1.29 is 15.1 Å². The SMILES string of the molecule is CC(CC1CC1)(NC(=O)O)/C(N)=N/O. The van der Waals surface area contributed by atoms with Crippen LogP contribution >= 0.6 is 0 Å². The van der Waals surface area contributed by atoms with Crippen LogP contribution in [0.3, 0.4) is 0 Å². The first-order valence-corrected chi connectivity index (χ1v) is 4.47. The lowest BCUT2D eigenvalue weighted by molar-refractivity contribution is 0.184. The zero-order chi connectivity index (χ0) is 10.8. The predicted molar refractivity (Wildman–Crippen MR) is 50.3 cm³/mol. The molecule has 0 spiro atoms. The molecule has 14 heavy (non-hydrogen) atoms. The van der Waals surface area contributed by atoms with Gasteiger partial charge in [0.1, 0.15) is 5.54 Å². The maximum atomic E-state index is 10.5. The van der Waals surface area contributed by atoms with E-state index >= 15 is 0 Å². The Morgan fingerprint density at radius 1 is 1.71 bits per heavy atom. The van der Waals surface area contributed by atoms with Crippen molar-refractivity contribution >= 4 is 11.9 Å². The Morgan fingerprint density at radius 3 is 2.64 bits per heavy atom. The van der Waals surface area contributed by atoms with Gasteiger partial charge < -0.3 is 21.4 Å². The molecule has 1 atom stereocenters. The van der Waals surface area contributed by atoms with E-state index in [-0.39, 0.29) is 5.84 Å². The molecule has 0 saturated heterocycles. The molecule has 1 aliphatic carbocycles. The van der Waals surface area contributed by atoms with E-state index < -0.39 is 11.6 Å². The molecule has 80 valence electrons. The third-order valence-electron chi connectivity index (χ3n) is 2.45. The van der Waals surface area contributed by atoms with Crippen molar-refractivity contribution in [2.24, 2.45) is 16.8 Å². The molecule has 6 heteroatoms. The zero-order valence-corrected chi connectivity index (χ0v) is 8.03. The molecule has 1 unspecified atom stereocenters. The molecule has 0 radical (unpaired) electrons. The van der Waals surface area contributed by atoms with Gasteiger partial charge in [-0.1, -0.05) is 18.0 Å². The molecule has 0 aromatic carbocycles. The molecule has 1 aliphatic rings. The van der Waals surface area contributed by atoms with E-state index in [1.54, 1.807) is 6.92 Å². The van der Waals surface area contributed by atoms with Crippen molar-refractivity contribution in [2.75, 3.05) is 0 Å². The first-order chi connectivity index (χ1) is 6.48. The van der Waals surface area contributed by atoms with Gasteiger partial charge in [-0.15, -0.1) is 0 Å². The smallest absolute Gasteiger partial charge is 0.405 e. The minimum Gasteiger partial charge on any atom is -0.465 e. The summed E-state index contributed by atoms with van der Waals surface area (Å²) in [6.07, 6.45) is 1.57. The number of amidine groups is 1. The molecule has 5 N–H and O–H groups in total. The Hall–Kier alpha value is -1.46. The molecule has 0 heterocycles. The van der Waals surface area contributed by atoms with E-state index in [9.17, 15) is 4.79 Å². The first kappa shape index (κ1) is 10.6. The fourth-order valence-electron chi connectivity index (χ4n) is 1.47. The summed E-state index contributed by atoms with van der Waals surface area (Å²) in [6, 6.07) is 0. The highest BCUT2D eigenvalue weighted by molar-refractivity contribution is 5.92. The van der Waals surface area contributed by atoms with E-state index in [1.807, 2.05) is 0 Å². The van der Waals surface area contributed by atoms with Crippen LogP contribution in [0.4, 0.5) is 4.79 Å². The van der Waals surface area contributed by atoms with Crippen molar-refractivity contribution in [3.05, 3.63) is 0 Å². The van der Waals surface area contributed by atoms with Crippen LogP contribution in [0.2, 0.25) is 0 Å². The molecule has 6 nitrogen and oxygen atoms in total. The van der Waals surface area contributed by atoms with Crippen molar-refractivity contribution in [3.8, 4) is 0 Å². The summed E-state index contributed by atoms with van der Waals surface area (Å²) in [5.74, 6) is 0.388. The van der Waals surface area contributed by atoms with Gasteiger partial charge in [-0.25, -0.2) is 4.79 Å². The topological polar surface area (TPSA) is 108 Å². The number of amides is 1. The van der Waals surface area contributed by atoms with E-state index in [2.05, 4.69) is 10.5 Å². The van der Waals surface area contributed by atoms with E-state index in [0.717, 1.165) is 12.8 Å². The van der Waals surface area contributed by atoms with E-state index in [1.165, 1.54) is 0 Å². The Balaban J connectivity index is 2.70. The fraction of sp³-hybridized carbons (Fsp3) is 0.750. The average Bonchev–Trinajstić information content (AvgIpc) is 2.85. The van der Waals surface area contributed by atoms with Gasteiger partial charge in [-0.05, 0) is 19.3 Å². The number of nitrogens with one attached hydrogen (secondary N) is 1. The van der Waals surface area contributed by atoms with Gasteiger partial charge in [0.25, 0.3) is 0 Å². The standard InChI is InChI=1S/C8H15N3O3/c1-8(6(9)11-14,10-7(12)13)4-5-2-3-5/h5,10,14H,2-4H2,1H3,(H2,9,11)(H,12,13). The van der Waals surface area contributed by atoms with Gasteiger partial charge in [0.2, 0.25) is 0 Å². The summed E-state index contributed by atoms with van der Waals surface area (Å²) in [4.78, 5) is 10.5. The third-order valence-corrected chi connectivity index (χ3v) is 2.45. The highest BCUT2D eigenvalue weighted by atomic mass is 16.4. The maximum Gasteiger partial charge on any atom is 0.405 e. The second kappa shape index (κ2) is 3.73. The lowest BCUT2D eigenvalue weighted by atomic mass is 9.93. The van der Waals surface area contributed by atoms with Crippen LogP contribution in [0, 0.1) is 5.92 Å². The normalized spacial score (nSPS) is 21.4. The van der Waals surface area contributed by atoms with Gasteiger partial charge in [-0.2, -0.15) is 0 Å². The molecular weight excluding hydrogens is 186 g/mol. The Bertz CT molecular complexity index is 263. The molecule has 0 aromatic rings. The van der Waals surface area contributed by atoms with Gasteiger partial charge in [0, 0.05) is 0 Å². The number of oxime groups is 1. The summed E-state index contributed by atoms with van der Waals surface area (Å²) >= 11 is 0. The number of nitrogens with two attached hydrogens (primary N) is 1. The molecule has 0 aliphatic heterocycles. The van der Waals surface area contributed by atoms with E-state index in [4.69, 9.17) is 16.0 Å². The summed E-state index contributed by atoms with van der Waals surface area (Å²) < 4.78 is 0. The van der Waals surface area contributed by atoms with Gasteiger partial charge in [0.15, 0.2) is 5.84 Å². The fourth-order valence-corrected chi connectivity index (χ4v) is 1.47. The van der Waals surface area contributed by atoms with Crippen LogP contribution < -0.4 is 11.1 Å². The van der Waals surface area contributed by atoms with Crippen molar-refractivity contribution in [1.82, 2.24) is 5.32 Å². The summed E-state index contributed by atoms with van der Waals surface area (Å²) in [5.41, 5.74) is 4.49. The van der Waals surface area contributed by atoms with Crippen LogP contribution in [-0.4, -0.2) is 27.8 Å². The van der Waals surface area contributed by atoms with Crippen molar-refractivity contribution in [2.45, 2.75) is 31.7 Å². The van der Waals surface area contributed by atoms with Crippen LogP contribution in [-0.2, 0) is 0 Å². The number of carboxylic acid groups (broad SMARTS) is 1. The molecule has 0 bridgehead atoms. The molecule has 1 amide bonds. The Kier molecular flexibility index (Phi) is 2.83. The van der Waals surface area contributed by atoms with Crippen molar-refractivity contribution in [1.29, 1.82) is 0 Å². The van der Waals surface area contributed by atoms with Gasteiger partial charge >= 0.3 is 6.09 Å². The molecule has 0 aromatic heterocycles. The monoisotopic (exact) mass is 201 g/mol. The molecule has 1 rings (SSSR count). The molecule has 1 saturated carbocycles. The lowest BCUT2D eigenvalue weighted by Crippen LogP contribution is -2.55. The molecular formula is C8H15N3O3. The van der Waals surface area contributed by atoms with Crippen LogP contribution in [0.15, 0.2) is 5.16 Å². The first-order valence-electron chi connectivity index (χ1n) is 4.47. The summed E-state index contributed by atoms with van der Waals surface area (Å²) in [6.45, 7) is 1.62. The van der Waals surface area contributed by atoms with Crippen LogP contribution in [0.25, 0.3) is 0 Å². The second-order valence-corrected chi connectivity index (χ2v) is 3.89. The maximum absolute atomic E-state index is 10.5. The number of rotatable bonds is 4. The van der Waals surface area contributed by atoms with Gasteiger partial charge in [-0.3, -0.25) is 0 Å². The third kappa shape index (κ3) is 2.51. The average molecular weight is 201 g/mol.